The number of aliphatic carboxylic acids is 2. The number of ether oxygens (including phenoxy) is 2. The lowest BCUT2D eigenvalue weighted by Gasteiger charge is -2.08. The van der Waals surface area contributed by atoms with Gasteiger partial charge in [0.15, 0.2) is 12.2 Å². The summed E-state index contributed by atoms with van der Waals surface area (Å²) in [5.41, 5.74) is 1.57. The predicted molar refractivity (Wildman–Crippen MR) is 147 cm³/mol. The highest BCUT2D eigenvalue weighted by Gasteiger charge is 2.14. The fourth-order valence-corrected chi connectivity index (χ4v) is 3.50. The van der Waals surface area contributed by atoms with E-state index in [1.165, 1.54) is 38.5 Å². The maximum absolute atomic E-state index is 10.5. The van der Waals surface area contributed by atoms with Crippen LogP contribution in [0.1, 0.15) is 76.3 Å². The maximum Gasteiger partial charge on any atom is 0.332 e. The van der Waals surface area contributed by atoms with Crippen molar-refractivity contribution < 1.29 is 39.5 Å². The quantitative estimate of drug-likeness (QED) is 0.191. The fourth-order valence-electron chi connectivity index (χ4n) is 3.50. The SMILES string of the molecule is CCCCCCOc1ccc(CC(O)C(=O)O)cc1.CCCCCCOc1ccc(CC(O)C(=O)O)cc1. The van der Waals surface area contributed by atoms with Gasteiger partial charge in [-0.25, -0.2) is 9.59 Å². The average molecular weight is 533 g/mol. The van der Waals surface area contributed by atoms with Crippen LogP contribution in [0.3, 0.4) is 0 Å². The number of aliphatic hydroxyl groups is 2. The first-order valence-electron chi connectivity index (χ1n) is 13.5. The van der Waals surface area contributed by atoms with Gasteiger partial charge in [-0.15, -0.1) is 0 Å². The topological polar surface area (TPSA) is 134 Å². The normalized spacial score (nSPS) is 12.1. The van der Waals surface area contributed by atoms with Gasteiger partial charge in [0.05, 0.1) is 13.2 Å². The van der Waals surface area contributed by atoms with Crippen LogP contribution in [0.2, 0.25) is 0 Å². The molecule has 8 nitrogen and oxygen atoms in total. The molecule has 0 spiro atoms. The molecule has 4 N–H and O–H groups in total. The highest BCUT2D eigenvalue weighted by atomic mass is 16.5. The molecule has 2 aromatic rings. The van der Waals surface area contributed by atoms with Gasteiger partial charge >= 0.3 is 11.9 Å². The van der Waals surface area contributed by atoms with Crippen molar-refractivity contribution >= 4 is 11.9 Å². The Kier molecular flexibility index (Phi) is 17.3. The minimum absolute atomic E-state index is 0.117. The Balaban J connectivity index is 0.000000380. The number of carboxylic acid groups (broad SMARTS) is 2. The monoisotopic (exact) mass is 532 g/mol. The number of rotatable bonds is 18. The van der Waals surface area contributed by atoms with Crippen molar-refractivity contribution in [3.63, 3.8) is 0 Å². The molecule has 0 radical (unpaired) electrons. The number of aliphatic hydroxyl groups excluding tert-OH is 2. The zero-order valence-electron chi connectivity index (χ0n) is 22.7. The summed E-state index contributed by atoms with van der Waals surface area (Å²) < 4.78 is 11.2. The van der Waals surface area contributed by atoms with Crippen LogP contribution < -0.4 is 9.47 Å². The Bertz CT molecular complexity index is 820. The van der Waals surface area contributed by atoms with Gasteiger partial charge in [-0.3, -0.25) is 0 Å². The molecular weight excluding hydrogens is 488 g/mol. The van der Waals surface area contributed by atoms with Crippen LogP contribution in [0.25, 0.3) is 0 Å². The smallest absolute Gasteiger partial charge is 0.332 e. The van der Waals surface area contributed by atoms with Gasteiger partial charge in [-0.05, 0) is 48.2 Å². The van der Waals surface area contributed by atoms with Crippen molar-refractivity contribution in [2.75, 3.05) is 13.2 Å². The maximum atomic E-state index is 10.5. The summed E-state index contributed by atoms with van der Waals surface area (Å²) in [5.74, 6) is -0.831. The molecule has 2 rings (SSSR count). The molecule has 0 amide bonds. The Morgan fingerprint density at radius 2 is 0.947 bits per heavy atom. The van der Waals surface area contributed by atoms with E-state index in [0.717, 1.165) is 35.5 Å². The number of carboxylic acids is 2. The molecule has 0 saturated carbocycles. The second-order valence-corrected chi connectivity index (χ2v) is 9.22. The number of benzene rings is 2. The largest absolute Gasteiger partial charge is 0.494 e. The molecule has 38 heavy (non-hydrogen) atoms. The third kappa shape index (κ3) is 15.2. The van der Waals surface area contributed by atoms with E-state index < -0.39 is 24.1 Å². The van der Waals surface area contributed by atoms with E-state index in [2.05, 4.69) is 13.8 Å². The van der Waals surface area contributed by atoms with Gasteiger partial charge in [0, 0.05) is 12.8 Å². The number of hydrogen-bond acceptors (Lipinski definition) is 6. The van der Waals surface area contributed by atoms with Crippen LogP contribution in [-0.2, 0) is 22.4 Å². The zero-order chi connectivity index (χ0) is 28.2. The molecule has 0 fully saturated rings. The van der Waals surface area contributed by atoms with Crippen molar-refractivity contribution in [3.05, 3.63) is 59.7 Å². The molecule has 8 heteroatoms. The number of carbonyl (C=O) groups is 2. The van der Waals surface area contributed by atoms with Crippen molar-refractivity contribution in [2.24, 2.45) is 0 Å². The van der Waals surface area contributed by atoms with Crippen LogP contribution in [0, 0.1) is 0 Å². The molecule has 0 aliphatic rings. The van der Waals surface area contributed by atoms with Crippen LogP contribution >= 0.6 is 0 Å². The van der Waals surface area contributed by atoms with E-state index in [4.69, 9.17) is 19.7 Å². The molecular formula is C30H44O8. The molecule has 0 heterocycles. The van der Waals surface area contributed by atoms with Gasteiger partial charge in [0.1, 0.15) is 11.5 Å². The van der Waals surface area contributed by atoms with Crippen molar-refractivity contribution in [1.29, 1.82) is 0 Å². The first-order chi connectivity index (χ1) is 18.3. The third-order valence-electron chi connectivity index (χ3n) is 5.81. The van der Waals surface area contributed by atoms with E-state index in [1.54, 1.807) is 24.3 Å². The van der Waals surface area contributed by atoms with Crippen molar-refractivity contribution in [2.45, 2.75) is 90.3 Å². The fraction of sp³-hybridized carbons (Fsp3) is 0.533. The van der Waals surface area contributed by atoms with Gasteiger partial charge in [0.2, 0.25) is 0 Å². The average Bonchev–Trinajstić information content (AvgIpc) is 2.90. The standard InChI is InChI=1S/2C15H22O4/c2*1-2-3-4-5-10-19-13-8-6-12(7-9-13)11-14(16)15(17)18/h2*6-9,14,16H,2-5,10-11H2,1H3,(H,17,18). The lowest BCUT2D eigenvalue weighted by atomic mass is 10.1. The lowest BCUT2D eigenvalue weighted by Crippen LogP contribution is -2.21. The third-order valence-corrected chi connectivity index (χ3v) is 5.81. The van der Waals surface area contributed by atoms with E-state index >= 15 is 0 Å². The minimum atomic E-state index is -1.35. The Morgan fingerprint density at radius 1 is 0.605 bits per heavy atom. The van der Waals surface area contributed by atoms with E-state index in [0.29, 0.717) is 13.2 Å². The summed E-state index contributed by atoms with van der Waals surface area (Å²) in [4.78, 5) is 21.0. The second kappa shape index (κ2) is 19.9. The summed E-state index contributed by atoms with van der Waals surface area (Å²) in [7, 11) is 0. The molecule has 2 unspecified atom stereocenters. The van der Waals surface area contributed by atoms with E-state index in [-0.39, 0.29) is 12.8 Å². The summed E-state index contributed by atoms with van der Waals surface area (Å²) >= 11 is 0. The Morgan fingerprint density at radius 3 is 1.24 bits per heavy atom. The summed E-state index contributed by atoms with van der Waals surface area (Å²) in [6, 6.07) is 14.4. The Hall–Kier alpha value is -3.10. The molecule has 0 aliphatic heterocycles. The number of hydrogen-bond donors (Lipinski definition) is 4. The van der Waals surface area contributed by atoms with Crippen LogP contribution in [0.5, 0.6) is 11.5 Å². The molecule has 212 valence electrons. The number of unbranched alkanes of at least 4 members (excludes halogenated alkanes) is 6. The molecule has 0 saturated heterocycles. The molecule has 0 aromatic heterocycles. The summed E-state index contributed by atoms with van der Waals surface area (Å²) in [5, 5.41) is 35.7. The molecule has 2 atom stereocenters. The van der Waals surface area contributed by atoms with E-state index in [9.17, 15) is 19.8 Å². The molecule has 2 aromatic carbocycles. The van der Waals surface area contributed by atoms with Crippen LogP contribution in [-0.4, -0.2) is 57.8 Å². The summed E-state index contributed by atoms with van der Waals surface area (Å²) in [6.07, 6.45) is 6.88. The van der Waals surface area contributed by atoms with Crippen LogP contribution in [0.15, 0.2) is 48.5 Å². The highest BCUT2D eigenvalue weighted by Crippen LogP contribution is 2.15. The predicted octanol–water partition coefficient (Wildman–Crippen LogP) is 5.27. The lowest BCUT2D eigenvalue weighted by molar-refractivity contribution is -0.147. The zero-order valence-corrected chi connectivity index (χ0v) is 22.7. The van der Waals surface area contributed by atoms with E-state index in [1.807, 2.05) is 24.3 Å². The first-order valence-corrected chi connectivity index (χ1v) is 13.5. The van der Waals surface area contributed by atoms with Crippen molar-refractivity contribution in [1.82, 2.24) is 0 Å². The molecule has 0 aliphatic carbocycles. The van der Waals surface area contributed by atoms with Gasteiger partial charge in [0.25, 0.3) is 0 Å². The molecule has 0 bridgehead atoms. The van der Waals surface area contributed by atoms with Gasteiger partial charge in [-0.2, -0.15) is 0 Å². The Labute approximate surface area is 226 Å². The van der Waals surface area contributed by atoms with Crippen molar-refractivity contribution in [3.8, 4) is 11.5 Å². The van der Waals surface area contributed by atoms with Gasteiger partial charge < -0.3 is 29.9 Å². The van der Waals surface area contributed by atoms with Crippen LogP contribution in [0.4, 0.5) is 0 Å². The minimum Gasteiger partial charge on any atom is -0.494 e. The second-order valence-electron chi connectivity index (χ2n) is 9.22. The summed E-state index contributed by atoms with van der Waals surface area (Å²) in [6.45, 7) is 5.75. The first kappa shape index (κ1) is 32.9. The highest BCUT2D eigenvalue weighted by molar-refractivity contribution is 5.72. The van der Waals surface area contributed by atoms with Gasteiger partial charge in [-0.1, -0.05) is 76.6 Å².